The summed E-state index contributed by atoms with van der Waals surface area (Å²) in [6.07, 6.45) is -3.46. The fourth-order valence-electron chi connectivity index (χ4n) is 2.43. The van der Waals surface area contributed by atoms with Crippen molar-refractivity contribution in [2.45, 2.75) is 31.5 Å². The highest BCUT2D eigenvalue weighted by molar-refractivity contribution is 5.55. The molecule has 3 nitrogen and oxygen atoms in total. The maximum Gasteiger partial charge on any atom is 0.417 e. The normalized spacial score (nSPS) is 22.9. The zero-order valence-electron chi connectivity index (χ0n) is 11.0. The van der Waals surface area contributed by atoms with Crippen LogP contribution in [-0.2, 0) is 6.18 Å². The maximum absolute atomic E-state index is 12.9. The monoisotopic (exact) mass is 284 g/mol. The molecule has 0 aromatic heterocycles. The van der Waals surface area contributed by atoms with Gasteiger partial charge in [0.15, 0.2) is 0 Å². The molecule has 2 rings (SSSR count). The van der Waals surface area contributed by atoms with Crippen LogP contribution in [0, 0.1) is 11.3 Å². The second-order valence-corrected chi connectivity index (χ2v) is 5.09. The Balaban J connectivity index is 2.34. The van der Waals surface area contributed by atoms with Crippen LogP contribution in [0.25, 0.3) is 0 Å². The molecular weight excluding hydrogens is 269 g/mol. The molecule has 0 radical (unpaired) electrons. The maximum atomic E-state index is 12.9. The summed E-state index contributed by atoms with van der Waals surface area (Å²) in [6, 6.07) is 5.22. The first-order valence-corrected chi connectivity index (χ1v) is 6.38. The standard InChI is InChI=1S/C14H15F3N2O/c1-2-13(20)5-6-19(9-13)11-4-3-10(8-18)12(7-11)14(15,16)17/h3-4,7,20H,2,5-6,9H2,1H3/t13-/m0/s1. The largest absolute Gasteiger partial charge is 0.417 e. The van der Waals surface area contributed by atoms with Gasteiger partial charge in [-0.15, -0.1) is 0 Å². The van der Waals surface area contributed by atoms with Crippen molar-refractivity contribution < 1.29 is 18.3 Å². The number of β-amino-alcohol motifs (C(OH)–C–C–N with tert-alkyl or cyclic N) is 1. The Morgan fingerprint density at radius 3 is 2.65 bits per heavy atom. The van der Waals surface area contributed by atoms with Gasteiger partial charge in [0.05, 0.1) is 22.8 Å². The van der Waals surface area contributed by atoms with Gasteiger partial charge < -0.3 is 10.0 Å². The highest BCUT2D eigenvalue weighted by Crippen LogP contribution is 2.36. The van der Waals surface area contributed by atoms with Crippen molar-refractivity contribution in [1.29, 1.82) is 5.26 Å². The molecule has 20 heavy (non-hydrogen) atoms. The topological polar surface area (TPSA) is 47.3 Å². The number of hydrogen-bond acceptors (Lipinski definition) is 3. The fourth-order valence-corrected chi connectivity index (χ4v) is 2.43. The number of nitriles is 1. The summed E-state index contributed by atoms with van der Waals surface area (Å²) in [4.78, 5) is 1.72. The van der Waals surface area contributed by atoms with Crippen molar-refractivity contribution in [2.75, 3.05) is 18.0 Å². The van der Waals surface area contributed by atoms with Gasteiger partial charge in [0, 0.05) is 18.8 Å². The van der Waals surface area contributed by atoms with Crippen LogP contribution in [0.1, 0.15) is 30.9 Å². The smallest absolute Gasteiger partial charge is 0.388 e. The van der Waals surface area contributed by atoms with Gasteiger partial charge in [-0.3, -0.25) is 0 Å². The van der Waals surface area contributed by atoms with E-state index in [4.69, 9.17) is 5.26 Å². The lowest BCUT2D eigenvalue weighted by atomic mass is 10.0. The van der Waals surface area contributed by atoms with Gasteiger partial charge >= 0.3 is 6.18 Å². The van der Waals surface area contributed by atoms with Gasteiger partial charge in [0.25, 0.3) is 0 Å². The first-order chi connectivity index (χ1) is 9.29. The van der Waals surface area contributed by atoms with Crippen LogP contribution in [-0.4, -0.2) is 23.8 Å². The second-order valence-electron chi connectivity index (χ2n) is 5.09. The number of hydrogen-bond donors (Lipinski definition) is 1. The number of halogens is 3. The number of anilines is 1. The lowest BCUT2D eigenvalue weighted by Crippen LogP contribution is -2.32. The number of nitrogens with zero attached hydrogens (tertiary/aromatic N) is 2. The van der Waals surface area contributed by atoms with E-state index in [0.29, 0.717) is 31.6 Å². The molecule has 0 amide bonds. The Kier molecular flexibility index (Phi) is 3.65. The van der Waals surface area contributed by atoms with Gasteiger partial charge in [-0.25, -0.2) is 0 Å². The third-order valence-electron chi connectivity index (χ3n) is 3.78. The summed E-state index contributed by atoms with van der Waals surface area (Å²) in [7, 11) is 0. The molecule has 1 N–H and O–H groups in total. The quantitative estimate of drug-likeness (QED) is 0.908. The third-order valence-corrected chi connectivity index (χ3v) is 3.78. The molecule has 0 aliphatic carbocycles. The van der Waals surface area contributed by atoms with Crippen LogP contribution < -0.4 is 4.90 Å². The molecule has 1 fully saturated rings. The minimum atomic E-state index is -4.55. The van der Waals surface area contributed by atoms with E-state index in [1.54, 1.807) is 11.0 Å². The molecule has 6 heteroatoms. The lowest BCUT2D eigenvalue weighted by molar-refractivity contribution is -0.137. The van der Waals surface area contributed by atoms with E-state index in [9.17, 15) is 18.3 Å². The molecule has 0 unspecified atom stereocenters. The van der Waals surface area contributed by atoms with E-state index in [1.165, 1.54) is 12.1 Å². The average Bonchev–Trinajstić information content (AvgIpc) is 2.80. The predicted molar refractivity (Wildman–Crippen MR) is 68.2 cm³/mol. The van der Waals surface area contributed by atoms with Gasteiger partial charge in [-0.05, 0) is 31.0 Å². The first-order valence-electron chi connectivity index (χ1n) is 6.38. The van der Waals surface area contributed by atoms with E-state index < -0.39 is 17.3 Å². The Morgan fingerprint density at radius 1 is 1.45 bits per heavy atom. The highest BCUT2D eigenvalue weighted by atomic mass is 19.4. The van der Waals surface area contributed by atoms with Gasteiger partial charge in [-0.2, -0.15) is 18.4 Å². The molecule has 1 saturated heterocycles. The van der Waals surface area contributed by atoms with E-state index in [2.05, 4.69) is 0 Å². The summed E-state index contributed by atoms with van der Waals surface area (Å²) in [5.41, 5.74) is -1.76. The van der Waals surface area contributed by atoms with Crippen LogP contribution in [0.2, 0.25) is 0 Å². The fraction of sp³-hybridized carbons (Fsp3) is 0.500. The number of aliphatic hydroxyl groups is 1. The summed E-state index contributed by atoms with van der Waals surface area (Å²) < 4.78 is 38.7. The molecule has 0 saturated carbocycles. The molecular formula is C14H15F3N2O. The number of benzene rings is 1. The Morgan fingerprint density at radius 2 is 2.15 bits per heavy atom. The van der Waals surface area contributed by atoms with Gasteiger partial charge in [0.2, 0.25) is 0 Å². The van der Waals surface area contributed by atoms with Crippen LogP contribution in [0.15, 0.2) is 18.2 Å². The van der Waals surface area contributed by atoms with Crippen LogP contribution in [0.3, 0.4) is 0 Å². The molecule has 0 spiro atoms. The molecule has 0 bridgehead atoms. The number of alkyl halides is 3. The average molecular weight is 284 g/mol. The molecule has 108 valence electrons. The molecule has 1 atom stereocenters. The molecule has 1 aromatic rings. The zero-order valence-corrected chi connectivity index (χ0v) is 11.0. The van der Waals surface area contributed by atoms with Crippen LogP contribution >= 0.6 is 0 Å². The third kappa shape index (κ3) is 2.73. The molecule has 1 aliphatic rings. The van der Waals surface area contributed by atoms with Gasteiger partial charge in [-0.1, -0.05) is 6.92 Å². The van der Waals surface area contributed by atoms with Crippen LogP contribution in [0.5, 0.6) is 0 Å². The van der Waals surface area contributed by atoms with Gasteiger partial charge in [0.1, 0.15) is 0 Å². The highest BCUT2D eigenvalue weighted by Gasteiger charge is 2.37. The lowest BCUT2D eigenvalue weighted by Gasteiger charge is -2.23. The molecule has 1 aromatic carbocycles. The zero-order chi connectivity index (χ0) is 15.0. The van der Waals surface area contributed by atoms with E-state index in [1.807, 2.05) is 6.92 Å². The summed E-state index contributed by atoms with van der Waals surface area (Å²) in [5, 5.41) is 18.9. The van der Waals surface area contributed by atoms with Crippen molar-refractivity contribution in [2.24, 2.45) is 0 Å². The van der Waals surface area contributed by atoms with Crippen molar-refractivity contribution >= 4 is 5.69 Å². The van der Waals surface area contributed by atoms with Crippen molar-refractivity contribution in [3.05, 3.63) is 29.3 Å². The summed E-state index contributed by atoms with van der Waals surface area (Å²) in [5.74, 6) is 0. The van der Waals surface area contributed by atoms with E-state index in [-0.39, 0.29) is 5.56 Å². The molecule has 1 aliphatic heterocycles. The van der Waals surface area contributed by atoms with E-state index >= 15 is 0 Å². The van der Waals surface area contributed by atoms with Crippen molar-refractivity contribution in [1.82, 2.24) is 0 Å². The SMILES string of the molecule is CC[C@]1(O)CCN(c2ccc(C#N)c(C(F)(F)F)c2)C1. The summed E-state index contributed by atoms with van der Waals surface area (Å²) in [6.45, 7) is 2.67. The Bertz CT molecular complexity index is 550. The predicted octanol–water partition coefficient (Wildman–Crippen LogP) is 2.93. The first kappa shape index (κ1) is 14.7. The van der Waals surface area contributed by atoms with E-state index in [0.717, 1.165) is 6.07 Å². The van der Waals surface area contributed by atoms with Crippen molar-refractivity contribution in [3.63, 3.8) is 0 Å². The van der Waals surface area contributed by atoms with Crippen LogP contribution in [0.4, 0.5) is 18.9 Å². The van der Waals surface area contributed by atoms with Crippen molar-refractivity contribution in [3.8, 4) is 6.07 Å². The molecule has 1 heterocycles. The second kappa shape index (κ2) is 4.98. The number of rotatable bonds is 2. The minimum absolute atomic E-state index is 0.312. The Labute approximate surface area is 115 Å². The summed E-state index contributed by atoms with van der Waals surface area (Å²) >= 11 is 0. The minimum Gasteiger partial charge on any atom is -0.388 e. The Hall–Kier alpha value is -1.74.